The van der Waals surface area contributed by atoms with Gasteiger partial charge in [-0.3, -0.25) is 19.8 Å². The van der Waals surface area contributed by atoms with Gasteiger partial charge in [-0.05, 0) is 60.4 Å². The SMILES string of the molecule is Cc1cc(-c2cc(NC(=O)[C@H](Cc3ccccc3)NCc3cscn3)cc(NS(C)(=O)=O)c2)ccn1. The molecule has 0 saturated heterocycles. The lowest BCUT2D eigenvalue weighted by Crippen LogP contribution is -2.42. The first-order chi connectivity index (χ1) is 17.2. The van der Waals surface area contributed by atoms with E-state index in [0.717, 1.165) is 34.3 Å². The van der Waals surface area contributed by atoms with E-state index in [1.54, 1.807) is 23.8 Å². The standard InChI is InChI=1S/C26H27N5O3S2/c1-18-10-20(8-9-27-18)21-12-22(14-23(13-21)31-36(2,33)34)30-26(32)25(11-19-6-4-3-5-7-19)28-15-24-16-35-17-29-24/h3-10,12-14,16-17,25,28,31H,11,15H2,1-2H3,(H,30,32)/t25-/m0/s1. The number of sulfonamides is 1. The van der Waals surface area contributed by atoms with Crippen LogP contribution >= 0.6 is 11.3 Å². The highest BCUT2D eigenvalue weighted by Gasteiger charge is 2.20. The van der Waals surface area contributed by atoms with E-state index in [4.69, 9.17) is 0 Å². The molecule has 0 fully saturated rings. The van der Waals surface area contributed by atoms with Crippen LogP contribution in [-0.4, -0.2) is 36.6 Å². The number of hydrogen-bond acceptors (Lipinski definition) is 7. The lowest BCUT2D eigenvalue weighted by Gasteiger charge is -2.19. The lowest BCUT2D eigenvalue weighted by atomic mass is 10.0. The zero-order valence-electron chi connectivity index (χ0n) is 19.9. The molecule has 0 spiro atoms. The zero-order chi connectivity index (χ0) is 25.5. The van der Waals surface area contributed by atoms with Gasteiger partial charge in [-0.2, -0.15) is 0 Å². The van der Waals surface area contributed by atoms with Crippen LogP contribution in [0.1, 0.15) is 17.0 Å². The van der Waals surface area contributed by atoms with E-state index in [2.05, 4.69) is 25.3 Å². The first kappa shape index (κ1) is 25.5. The van der Waals surface area contributed by atoms with Crippen LogP contribution in [-0.2, 0) is 27.8 Å². The van der Waals surface area contributed by atoms with E-state index in [0.29, 0.717) is 24.3 Å². The van der Waals surface area contributed by atoms with Gasteiger partial charge in [0.1, 0.15) is 0 Å². The molecule has 0 aliphatic rings. The molecule has 0 aliphatic carbocycles. The first-order valence-electron chi connectivity index (χ1n) is 11.3. The van der Waals surface area contributed by atoms with Crippen LogP contribution in [0, 0.1) is 6.92 Å². The summed E-state index contributed by atoms with van der Waals surface area (Å²) in [5.41, 5.74) is 6.91. The molecule has 10 heteroatoms. The Bertz CT molecular complexity index is 1430. The van der Waals surface area contributed by atoms with E-state index in [9.17, 15) is 13.2 Å². The number of hydrogen-bond donors (Lipinski definition) is 3. The lowest BCUT2D eigenvalue weighted by molar-refractivity contribution is -0.118. The summed E-state index contributed by atoms with van der Waals surface area (Å²) in [5.74, 6) is -0.234. The molecule has 36 heavy (non-hydrogen) atoms. The van der Waals surface area contributed by atoms with E-state index in [1.165, 1.54) is 11.3 Å². The van der Waals surface area contributed by atoms with Crippen LogP contribution in [0.15, 0.2) is 77.8 Å². The third-order valence-electron chi connectivity index (χ3n) is 5.35. The van der Waals surface area contributed by atoms with E-state index in [1.807, 2.05) is 60.8 Å². The number of rotatable bonds is 10. The summed E-state index contributed by atoms with van der Waals surface area (Å²) in [5, 5.41) is 8.22. The summed E-state index contributed by atoms with van der Waals surface area (Å²) in [7, 11) is -3.51. The molecule has 2 heterocycles. The molecule has 0 unspecified atom stereocenters. The predicted molar refractivity (Wildman–Crippen MR) is 144 cm³/mol. The Balaban J connectivity index is 1.62. The van der Waals surface area contributed by atoms with Crippen molar-refractivity contribution >= 4 is 38.6 Å². The first-order valence-corrected chi connectivity index (χ1v) is 14.1. The molecular weight excluding hydrogens is 494 g/mol. The minimum Gasteiger partial charge on any atom is -0.325 e. The molecule has 2 aromatic heterocycles. The van der Waals surface area contributed by atoms with Crippen LogP contribution in [0.2, 0.25) is 0 Å². The van der Waals surface area contributed by atoms with E-state index >= 15 is 0 Å². The fourth-order valence-corrected chi connectivity index (χ4v) is 4.86. The van der Waals surface area contributed by atoms with Crippen molar-refractivity contribution in [1.82, 2.24) is 15.3 Å². The monoisotopic (exact) mass is 521 g/mol. The largest absolute Gasteiger partial charge is 0.325 e. The molecule has 0 bridgehead atoms. The van der Waals surface area contributed by atoms with Gasteiger partial charge in [0.2, 0.25) is 15.9 Å². The number of nitrogens with one attached hydrogen (secondary N) is 3. The number of pyridine rings is 1. The average molecular weight is 522 g/mol. The van der Waals surface area contributed by atoms with Crippen molar-refractivity contribution < 1.29 is 13.2 Å². The third-order valence-corrected chi connectivity index (χ3v) is 6.59. The second-order valence-corrected chi connectivity index (χ2v) is 10.9. The average Bonchev–Trinajstić information content (AvgIpc) is 3.35. The normalized spacial score (nSPS) is 12.2. The van der Waals surface area contributed by atoms with Crippen molar-refractivity contribution in [2.75, 3.05) is 16.3 Å². The Morgan fingerprint density at radius 1 is 1.00 bits per heavy atom. The number of aromatic nitrogens is 2. The number of anilines is 2. The molecule has 8 nitrogen and oxygen atoms in total. The van der Waals surface area contributed by atoms with Gasteiger partial charge in [0, 0.05) is 29.5 Å². The van der Waals surface area contributed by atoms with Crippen molar-refractivity contribution in [2.24, 2.45) is 0 Å². The Labute approximate surface area is 214 Å². The quantitative estimate of drug-likeness (QED) is 0.288. The molecule has 3 N–H and O–H groups in total. The molecule has 2 aromatic carbocycles. The van der Waals surface area contributed by atoms with Crippen molar-refractivity contribution in [3.63, 3.8) is 0 Å². The third kappa shape index (κ3) is 7.45. The summed E-state index contributed by atoms with van der Waals surface area (Å²) >= 11 is 1.50. The van der Waals surface area contributed by atoms with Crippen LogP contribution in [0.3, 0.4) is 0 Å². The highest BCUT2D eigenvalue weighted by molar-refractivity contribution is 7.92. The number of aryl methyl sites for hydroxylation is 1. The minimum absolute atomic E-state index is 0.234. The molecule has 4 aromatic rings. The molecule has 186 valence electrons. The van der Waals surface area contributed by atoms with Gasteiger partial charge in [0.25, 0.3) is 0 Å². The zero-order valence-corrected chi connectivity index (χ0v) is 21.6. The van der Waals surface area contributed by atoms with Gasteiger partial charge in [-0.25, -0.2) is 13.4 Å². The molecular formula is C26H27N5O3S2. The maximum atomic E-state index is 13.4. The highest BCUT2D eigenvalue weighted by Crippen LogP contribution is 2.28. The predicted octanol–water partition coefficient (Wildman–Crippen LogP) is 4.22. The minimum atomic E-state index is -3.51. The summed E-state index contributed by atoms with van der Waals surface area (Å²) < 4.78 is 26.4. The summed E-state index contributed by atoms with van der Waals surface area (Å²) in [4.78, 5) is 22.0. The number of nitrogens with zero attached hydrogens (tertiary/aromatic N) is 2. The number of carbonyl (C=O) groups is 1. The van der Waals surface area contributed by atoms with Gasteiger partial charge >= 0.3 is 0 Å². The Morgan fingerprint density at radius 3 is 2.47 bits per heavy atom. The Morgan fingerprint density at radius 2 is 1.78 bits per heavy atom. The second kappa shape index (κ2) is 11.4. The van der Waals surface area contributed by atoms with Gasteiger partial charge in [0.15, 0.2) is 0 Å². The smallest absolute Gasteiger partial charge is 0.241 e. The molecule has 4 rings (SSSR count). The van der Waals surface area contributed by atoms with Gasteiger partial charge in [-0.1, -0.05) is 30.3 Å². The van der Waals surface area contributed by atoms with Gasteiger partial charge in [0.05, 0.1) is 29.2 Å². The number of benzene rings is 2. The second-order valence-electron chi connectivity index (χ2n) is 8.45. The summed E-state index contributed by atoms with van der Waals surface area (Å²) in [6.45, 7) is 2.33. The topological polar surface area (TPSA) is 113 Å². The van der Waals surface area contributed by atoms with Gasteiger partial charge < -0.3 is 5.32 Å². The fraction of sp³-hybridized carbons (Fsp3) is 0.192. The molecule has 1 amide bonds. The van der Waals surface area contributed by atoms with Crippen molar-refractivity contribution in [3.8, 4) is 11.1 Å². The maximum Gasteiger partial charge on any atom is 0.241 e. The Kier molecular flexibility index (Phi) is 8.09. The van der Waals surface area contributed by atoms with Crippen LogP contribution < -0.4 is 15.4 Å². The van der Waals surface area contributed by atoms with Gasteiger partial charge in [-0.15, -0.1) is 11.3 Å². The van der Waals surface area contributed by atoms with Crippen LogP contribution in [0.4, 0.5) is 11.4 Å². The fourth-order valence-electron chi connectivity index (χ4n) is 3.75. The number of carbonyl (C=O) groups excluding carboxylic acids is 1. The Hall–Kier alpha value is -3.60. The summed E-state index contributed by atoms with van der Waals surface area (Å²) in [6.07, 6.45) is 3.26. The van der Waals surface area contributed by atoms with Crippen LogP contribution in [0.5, 0.6) is 0 Å². The molecule has 0 aliphatic heterocycles. The van der Waals surface area contributed by atoms with Crippen molar-refractivity contribution in [3.05, 3.63) is 94.7 Å². The number of thiazole rings is 1. The highest BCUT2D eigenvalue weighted by atomic mass is 32.2. The maximum absolute atomic E-state index is 13.4. The van der Waals surface area contributed by atoms with Crippen molar-refractivity contribution in [1.29, 1.82) is 0 Å². The molecule has 1 atom stereocenters. The van der Waals surface area contributed by atoms with Crippen LogP contribution in [0.25, 0.3) is 11.1 Å². The number of amides is 1. The van der Waals surface area contributed by atoms with E-state index in [-0.39, 0.29) is 5.91 Å². The molecule has 0 radical (unpaired) electrons. The summed E-state index contributed by atoms with van der Waals surface area (Å²) in [6, 6.07) is 18.1. The molecule has 0 saturated carbocycles. The van der Waals surface area contributed by atoms with E-state index < -0.39 is 16.1 Å². The van der Waals surface area contributed by atoms with Crippen molar-refractivity contribution in [2.45, 2.75) is 25.9 Å².